The van der Waals surface area contributed by atoms with E-state index >= 15 is 0 Å². The molecule has 0 saturated carbocycles. The van der Waals surface area contributed by atoms with Crippen molar-refractivity contribution in [3.8, 4) is 0 Å². The molecule has 1 rings (SSSR count). The Morgan fingerprint density at radius 3 is 2.30 bits per heavy atom. The van der Waals surface area contributed by atoms with Crippen molar-refractivity contribution in [1.29, 1.82) is 0 Å². The molecule has 0 spiro atoms. The summed E-state index contributed by atoms with van der Waals surface area (Å²) in [6, 6.07) is 10.2. The highest BCUT2D eigenvalue weighted by atomic mass is 16.3. The zero-order valence-electron chi connectivity index (χ0n) is 15.2. The van der Waals surface area contributed by atoms with Crippen LogP contribution in [0.4, 0.5) is 4.79 Å². The Hall–Kier alpha value is -1.59. The van der Waals surface area contributed by atoms with Gasteiger partial charge in [0.25, 0.3) is 0 Å². The van der Waals surface area contributed by atoms with Gasteiger partial charge in [0, 0.05) is 25.2 Å². The van der Waals surface area contributed by atoms with Gasteiger partial charge in [0.05, 0.1) is 12.1 Å². The van der Waals surface area contributed by atoms with Gasteiger partial charge in [0.15, 0.2) is 0 Å². The van der Waals surface area contributed by atoms with E-state index in [4.69, 9.17) is 0 Å². The number of hydrogen-bond donors (Lipinski definition) is 3. The topological polar surface area (TPSA) is 64.6 Å². The van der Waals surface area contributed by atoms with E-state index in [1.165, 1.54) is 10.5 Å². The average Bonchev–Trinajstić information content (AvgIpc) is 2.43. The molecule has 2 amide bonds. The lowest BCUT2D eigenvalue weighted by atomic mass is 10.0. The molecule has 0 aliphatic heterocycles. The quantitative estimate of drug-likeness (QED) is 0.723. The molecular formula is C18H31N3O2. The number of nitrogens with zero attached hydrogens (tertiary/aromatic N) is 1. The predicted molar refractivity (Wildman–Crippen MR) is 94.4 cm³/mol. The van der Waals surface area contributed by atoms with Gasteiger partial charge in [-0.25, -0.2) is 4.79 Å². The molecule has 1 unspecified atom stereocenters. The number of carbonyl (C=O) groups is 1. The number of benzene rings is 1. The highest BCUT2D eigenvalue weighted by Crippen LogP contribution is 2.15. The average molecular weight is 321 g/mol. The maximum Gasteiger partial charge on any atom is 0.317 e. The summed E-state index contributed by atoms with van der Waals surface area (Å²) in [5.74, 6) is 0. The second kappa shape index (κ2) is 7.79. The molecule has 1 atom stereocenters. The summed E-state index contributed by atoms with van der Waals surface area (Å²) in [6.45, 7) is 10.4. The van der Waals surface area contributed by atoms with Crippen molar-refractivity contribution in [3.05, 3.63) is 35.9 Å². The molecule has 1 aromatic carbocycles. The molecule has 130 valence electrons. The Morgan fingerprint density at radius 1 is 1.22 bits per heavy atom. The van der Waals surface area contributed by atoms with Crippen molar-refractivity contribution in [1.82, 2.24) is 15.5 Å². The third kappa shape index (κ3) is 7.48. The number of amides is 2. The van der Waals surface area contributed by atoms with E-state index in [0.29, 0.717) is 6.54 Å². The molecule has 23 heavy (non-hydrogen) atoms. The minimum atomic E-state index is -0.901. The molecule has 0 aromatic heterocycles. The van der Waals surface area contributed by atoms with Crippen LogP contribution in [-0.4, -0.2) is 47.3 Å². The number of rotatable bonds is 7. The van der Waals surface area contributed by atoms with E-state index in [9.17, 15) is 9.90 Å². The summed E-state index contributed by atoms with van der Waals surface area (Å²) < 4.78 is 0. The summed E-state index contributed by atoms with van der Waals surface area (Å²) in [5, 5.41) is 16.2. The lowest BCUT2D eigenvalue weighted by Gasteiger charge is -2.32. The van der Waals surface area contributed by atoms with Crippen molar-refractivity contribution >= 4 is 6.03 Å². The van der Waals surface area contributed by atoms with Crippen LogP contribution in [-0.2, 0) is 0 Å². The first-order chi connectivity index (χ1) is 10.5. The molecule has 0 fully saturated rings. The van der Waals surface area contributed by atoms with Crippen molar-refractivity contribution in [2.24, 2.45) is 0 Å². The fourth-order valence-corrected chi connectivity index (χ4v) is 2.55. The van der Waals surface area contributed by atoms with Gasteiger partial charge in [0.2, 0.25) is 0 Å². The molecule has 1 aromatic rings. The fourth-order valence-electron chi connectivity index (χ4n) is 2.55. The largest absolute Gasteiger partial charge is 0.389 e. The van der Waals surface area contributed by atoms with Crippen LogP contribution in [0.1, 0.15) is 46.2 Å². The standard InChI is InChI=1S/C18H31N3O2/c1-14(15-10-8-7-9-11-15)20-17(2,3)12-19-16(22)21(6)13-18(4,5)23/h7-11,14,20,23H,12-13H2,1-6H3,(H,19,22). The van der Waals surface area contributed by atoms with Crippen molar-refractivity contribution < 1.29 is 9.90 Å². The van der Waals surface area contributed by atoms with Gasteiger partial charge >= 0.3 is 6.03 Å². The lowest BCUT2D eigenvalue weighted by molar-refractivity contribution is 0.0530. The van der Waals surface area contributed by atoms with Crippen LogP contribution in [0.25, 0.3) is 0 Å². The molecule has 0 bridgehead atoms. The van der Waals surface area contributed by atoms with E-state index in [0.717, 1.165) is 0 Å². The van der Waals surface area contributed by atoms with Gasteiger partial charge in [-0.1, -0.05) is 30.3 Å². The second-order valence-electron chi connectivity index (χ2n) is 7.49. The molecule has 0 heterocycles. The van der Waals surface area contributed by atoms with E-state index in [-0.39, 0.29) is 24.2 Å². The molecule has 3 N–H and O–H groups in total. The first-order valence-electron chi connectivity index (χ1n) is 8.04. The number of urea groups is 1. The molecular weight excluding hydrogens is 290 g/mol. The first-order valence-corrected chi connectivity index (χ1v) is 8.04. The van der Waals surface area contributed by atoms with Gasteiger partial charge < -0.3 is 20.6 Å². The smallest absolute Gasteiger partial charge is 0.317 e. The second-order valence-corrected chi connectivity index (χ2v) is 7.49. The summed E-state index contributed by atoms with van der Waals surface area (Å²) >= 11 is 0. The Labute approximate surface area is 140 Å². The Balaban J connectivity index is 2.50. The molecule has 0 aliphatic carbocycles. The van der Waals surface area contributed by atoms with Crippen LogP contribution in [0.2, 0.25) is 0 Å². The van der Waals surface area contributed by atoms with Crippen LogP contribution in [0.3, 0.4) is 0 Å². The zero-order chi connectivity index (χ0) is 17.7. The molecule has 0 aliphatic rings. The Bertz CT molecular complexity index is 495. The Morgan fingerprint density at radius 2 is 1.78 bits per heavy atom. The minimum Gasteiger partial charge on any atom is -0.389 e. The van der Waals surface area contributed by atoms with Crippen molar-refractivity contribution in [3.63, 3.8) is 0 Å². The summed E-state index contributed by atoms with van der Waals surface area (Å²) in [6.07, 6.45) is 0. The summed E-state index contributed by atoms with van der Waals surface area (Å²) in [5.41, 5.74) is 0.0633. The van der Waals surface area contributed by atoms with Gasteiger partial charge in [-0.3, -0.25) is 0 Å². The van der Waals surface area contributed by atoms with Gasteiger partial charge in [-0.2, -0.15) is 0 Å². The molecule has 5 heteroatoms. The van der Waals surface area contributed by atoms with Crippen LogP contribution < -0.4 is 10.6 Å². The summed E-state index contributed by atoms with van der Waals surface area (Å²) in [7, 11) is 1.68. The molecule has 0 radical (unpaired) electrons. The van der Waals surface area contributed by atoms with Crippen LogP contribution in [0.5, 0.6) is 0 Å². The van der Waals surface area contributed by atoms with Crippen molar-refractivity contribution in [2.45, 2.75) is 51.8 Å². The maximum atomic E-state index is 12.1. The van der Waals surface area contributed by atoms with E-state index in [2.05, 4.69) is 43.5 Å². The third-order valence-electron chi connectivity index (χ3n) is 3.56. The van der Waals surface area contributed by atoms with Crippen LogP contribution in [0.15, 0.2) is 30.3 Å². The highest BCUT2D eigenvalue weighted by Gasteiger charge is 2.24. The normalized spacial score (nSPS) is 13.5. The SMILES string of the molecule is CC(NC(C)(C)CNC(=O)N(C)CC(C)(C)O)c1ccccc1. The highest BCUT2D eigenvalue weighted by molar-refractivity contribution is 5.74. The van der Waals surface area contributed by atoms with Gasteiger partial charge in [0.1, 0.15) is 0 Å². The summed E-state index contributed by atoms with van der Waals surface area (Å²) in [4.78, 5) is 13.6. The minimum absolute atomic E-state index is 0.186. The van der Waals surface area contributed by atoms with E-state index < -0.39 is 5.60 Å². The first kappa shape index (κ1) is 19.5. The fraction of sp³-hybridized carbons (Fsp3) is 0.611. The molecule has 5 nitrogen and oxygen atoms in total. The van der Waals surface area contributed by atoms with Crippen molar-refractivity contribution in [2.75, 3.05) is 20.1 Å². The Kier molecular flexibility index (Phi) is 6.59. The van der Waals surface area contributed by atoms with Crippen LogP contribution >= 0.6 is 0 Å². The lowest BCUT2D eigenvalue weighted by Crippen LogP contribution is -2.53. The number of likely N-dealkylation sites (N-methyl/N-ethyl adjacent to an activating group) is 1. The monoisotopic (exact) mass is 321 g/mol. The van der Waals surface area contributed by atoms with Gasteiger partial charge in [-0.05, 0) is 40.2 Å². The number of hydrogen-bond acceptors (Lipinski definition) is 3. The number of carbonyl (C=O) groups excluding carboxylic acids is 1. The maximum absolute atomic E-state index is 12.1. The molecule has 0 saturated heterocycles. The van der Waals surface area contributed by atoms with Gasteiger partial charge in [-0.15, -0.1) is 0 Å². The zero-order valence-corrected chi connectivity index (χ0v) is 15.2. The number of aliphatic hydroxyl groups is 1. The van der Waals surface area contributed by atoms with E-state index in [1.54, 1.807) is 20.9 Å². The number of nitrogens with one attached hydrogen (secondary N) is 2. The van der Waals surface area contributed by atoms with E-state index in [1.807, 2.05) is 18.2 Å². The third-order valence-corrected chi connectivity index (χ3v) is 3.56. The van der Waals surface area contributed by atoms with Crippen LogP contribution in [0, 0.1) is 0 Å². The predicted octanol–water partition coefficient (Wildman–Crippen LogP) is 2.53.